The Kier molecular flexibility index (Phi) is 7.85. The Labute approximate surface area is 219 Å². The molecule has 194 valence electrons. The van der Waals surface area contributed by atoms with E-state index in [1.165, 1.54) is 10.6 Å². The summed E-state index contributed by atoms with van der Waals surface area (Å²) in [4.78, 5) is 13.3. The van der Waals surface area contributed by atoms with E-state index < -0.39 is 11.8 Å². The average molecular weight is 537 g/mol. The summed E-state index contributed by atoms with van der Waals surface area (Å²) >= 11 is 12.3. The largest absolute Gasteiger partial charge is 0.494 e. The predicted octanol–water partition coefficient (Wildman–Crippen LogP) is 5.87. The molecule has 0 unspecified atom stereocenters. The molecule has 1 fully saturated rings. The van der Waals surface area contributed by atoms with Gasteiger partial charge in [-0.05, 0) is 38.3 Å². The molecular weight excluding hydrogens is 507 g/mol. The number of anilines is 1. The molecule has 4 rings (SSSR count). The van der Waals surface area contributed by atoms with Crippen molar-refractivity contribution in [1.29, 1.82) is 0 Å². The van der Waals surface area contributed by atoms with Gasteiger partial charge in [0.25, 0.3) is 0 Å². The van der Waals surface area contributed by atoms with E-state index in [0.29, 0.717) is 41.9 Å². The Morgan fingerprint density at radius 2 is 2.11 bits per heavy atom. The summed E-state index contributed by atoms with van der Waals surface area (Å²) in [7, 11) is 0. The van der Waals surface area contributed by atoms with Gasteiger partial charge in [-0.1, -0.05) is 43.1 Å². The summed E-state index contributed by atoms with van der Waals surface area (Å²) in [5, 5.41) is 18.5. The second-order valence-electron chi connectivity index (χ2n) is 9.60. The molecule has 1 aromatic carbocycles. The van der Waals surface area contributed by atoms with E-state index in [0.717, 1.165) is 0 Å². The molecule has 3 heterocycles. The number of rotatable bonds is 9. The first kappa shape index (κ1) is 26.3. The predicted molar refractivity (Wildman–Crippen MR) is 137 cm³/mol. The minimum Gasteiger partial charge on any atom is -0.494 e. The highest BCUT2D eigenvalue weighted by Gasteiger charge is 2.33. The SMILES string of the molecule is CC(C)C[C@@H](C(=O)Nc1ccn(C[C@@H]2COC(C)(C)O2)n1)n1cc(Oc2cccc(Cl)c2Cl)cc1O. The lowest BCUT2D eigenvalue weighted by molar-refractivity contribution is -0.139. The van der Waals surface area contributed by atoms with Crippen molar-refractivity contribution in [2.75, 3.05) is 11.9 Å². The van der Waals surface area contributed by atoms with Crippen LogP contribution in [0.15, 0.2) is 42.7 Å². The van der Waals surface area contributed by atoms with Gasteiger partial charge < -0.3 is 29.2 Å². The number of ether oxygens (including phenoxy) is 3. The van der Waals surface area contributed by atoms with Crippen LogP contribution in [0.3, 0.4) is 0 Å². The number of aromatic hydroxyl groups is 1. The highest BCUT2D eigenvalue weighted by atomic mass is 35.5. The van der Waals surface area contributed by atoms with Crippen molar-refractivity contribution in [2.24, 2.45) is 5.92 Å². The van der Waals surface area contributed by atoms with E-state index in [1.54, 1.807) is 41.3 Å². The van der Waals surface area contributed by atoms with Gasteiger partial charge in [-0.2, -0.15) is 5.10 Å². The van der Waals surface area contributed by atoms with Crippen LogP contribution in [0.25, 0.3) is 0 Å². The zero-order valence-electron chi connectivity index (χ0n) is 20.6. The van der Waals surface area contributed by atoms with Gasteiger partial charge in [0, 0.05) is 18.3 Å². The molecule has 0 radical (unpaired) electrons. The van der Waals surface area contributed by atoms with Gasteiger partial charge in [0.2, 0.25) is 5.91 Å². The van der Waals surface area contributed by atoms with Crippen molar-refractivity contribution in [3.8, 4) is 17.4 Å². The van der Waals surface area contributed by atoms with Crippen LogP contribution in [0.2, 0.25) is 10.0 Å². The van der Waals surface area contributed by atoms with Gasteiger partial charge in [-0.3, -0.25) is 9.48 Å². The van der Waals surface area contributed by atoms with Gasteiger partial charge in [0.15, 0.2) is 17.5 Å². The number of hydrogen-bond donors (Lipinski definition) is 2. The second-order valence-corrected chi connectivity index (χ2v) is 10.4. The number of benzene rings is 1. The average Bonchev–Trinajstić information content (AvgIpc) is 3.48. The van der Waals surface area contributed by atoms with Crippen LogP contribution in [-0.4, -0.2) is 43.9 Å². The normalized spacial score (nSPS) is 17.9. The number of carbonyl (C=O) groups is 1. The van der Waals surface area contributed by atoms with Crippen molar-refractivity contribution in [3.63, 3.8) is 0 Å². The first-order valence-corrected chi connectivity index (χ1v) is 12.4. The Morgan fingerprint density at radius 1 is 1.33 bits per heavy atom. The molecule has 0 aliphatic carbocycles. The maximum atomic E-state index is 13.3. The lowest BCUT2D eigenvalue weighted by atomic mass is 10.0. The Morgan fingerprint density at radius 3 is 2.81 bits per heavy atom. The Balaban J connectivity index is 1.47. The lowest BCUT2D eigenvalue weighted by Crippen LogP contribution is -2.27. The Bertz CT molecular complexity index is 1220. The van der Waals surface area contributed by atoms with Crippen molar-refractivity contribution in [1.82, 2.24) is 14.3 Å². The van der Waals surface area contributed by atoms with Gasteiger partial charge in [0.1, 0.15) is 28.7 Å². The number of amides is 1. The smallest absolute Gasteiger partial charge is 0.248 e. The van der Waals surface area contributed by atoms with E-state index in [4.69, 9.17) is 37.4 Å². The van der Waals surface area contributed by atoms with Crippen LogP contribution in [0.1, 0.15) is 40.2 Å². The quantitative estimate of drug-likeness (QED) is 0.355. The maximum absolute atomic E-state index is 13.3. The second kappa shape index (κ2) is 10.7. The molecule has 2 aromatic heterocycles. The number of halogens is 2. The first-order valence-electron chi connectivity index (χ1n) is 11.7. The van der Waals surface area contributed by atoms with E-state index in [-0.39, 0.29) is 28.8 Å². The molecule has 1 aliphatic rings. The summed E-state index contributed by atoms with van der Waals surface area (Å²) in [5.41, 5.74) is 0. The summed E-state index contributed by atoms with van der Waals surface area (Å²) < 4.78 is 20.4. The van der Waals surface area contributed by atoms with Crippen LogP contribution in [0.4, 0.5) is 5.82 Å². The van der Waals surface area contributed by atoms with E-state index in [9.17, 15) is 9.90 Å². The number of nitrogens with one attached hydrogen (secondary N) is 1. The third-order valence-electron chi connectivity index (χ3n) is 5.63. The molecule has 0 saturated carbocycles. The molecule has 3 aromatic rings. The molecule has 1 aliphatic heterocycles. The van der Waals surface area contributed by atoms with Crippen molar-refractivity contribution >= 4 is 34.9 Å². The molecule has 9 nitrogen and oxygen atoms in total. The molecule has 0 spiro atoms. The number of aromatic nitrogens is 3. The topological polar surface area (TPSA) is 99.8 Å². The van der Waals surface area contributed by atoms with Gasteiger partial charge in [-0.15, -0.1) is 0 Å². The van der Waals surface area contributed by atoms with Crippen molar-refractivity contribution in [2.45, 2.75) is 58.6 Å². The fraction of sp³-hybridized carbons (Fsp3) is 0.440. The molecule has 2 N–H and O–H groups in total. The van der Waals surface area contributed by atoms with E-state index in [1.807, 2.05) is 27.7 Å². The third-order valence-corrected chi connectivity index (χ3v) is 6.43. The molecule has 1 amide bonds. The zero-order valence-corrected chi connectivity index (χ0v) is 22.1. The number of hydrogen-bond acceptors (Lipinski definition) is 6. The van der Waals surface area contributed by atoms with Gasteiger partial charge >= 0.3 is 0 Å². The zero-order chi connectivity index (χ0) is 26.0. The lowest BCUT2D eigenvalue weighted by Gasteiger charge is -2.20. The third kappa shape index (κ3) is 6.34. The molecule has 11 heteroatoms. The van der Waals surface area contributed by atoms with Crippen LogP contribution < -0.4 is 10.1 Å². The van der Waals surface area contributed by atoms with Crippen LogP contribution in [-0.2, 0) is 20.8 Å². The number of carbonyl (C=O) groups excluding carboxylic acids is 1. The molecular formula is C25H30Cl2N4O5. The standard InChI is InChI=1S/C25H30Cl2N4O5/c1-15(2)10-19(31-13-16(11-22(31)32)35-20-7-5-6-18(26)23(20)27)24(33)28-21-8-9-30(29-21)12-17-14-34-25(3,4)36-17/h5-9,11,13,15,17,19,32H,10,12,14H2,1-4H3,(H,28,29,33)/t17-,19+/m1/s1. The minimum atomic E-state index is -0.699. The van der Waals surface area contributed by atoms with E-state index in [2.05, 4.69) is 10.4 Å². The highest BCUT2D eigenvalue weighted by molar-refractivity contribution is 6.42. The fourth-order valence-corrected chi connectivity index (χ4v) is 4.36. The molecule has 2 atom stereocenters. The molecule has 0 bridgehead atoms. The fourth-order valence-electron chi connectivity index (χ4n) is 4.03. The molecule has 36 heavy (non-hydrogen) atoms. The summed E-state index contributed by atoms with van der Waals surface area (Å²) in [6, 6.07) is 7.48. The summed E-state index contributed by atoms with van der Waals surface area (Å²) in [6.45, 7) is 8.72. The molecule has 1 saturated heterocycles. The van der Waals surface area contributed by atoms with Gasteiger partial charge in [0.05, 0.1) is 24.4 Å². The van der Waals surface area contributed by atoms with Crippen molar-refractivity contribution in [3.05, 3.63) is 52.8 Å². The van der Waals surface area contributed by atoms with Crippen LogP contribution in [0.5, 0.6) is 17.4 Å². The Hall–Kier alpha value is -2.72. The monoisotopic (exact) mass is 536 g/mol. The van der Waals surface area contributed by atoms with Crippen molar-refractivity contribution < 1.29 is 24.1 Å². The van der Waals surface area contributed by atoms with E-state index >= 15 is 0 Å². The first-order chi connectivity index (χ1) is 17.0. The maximum Gasteiger partial charge on any atom is 0.248 e. The number of nitrogens with zero attached hydrogens (tertiary/aromatic N) is 3. The highest BCUT2D eigenvalue weighted by Crippen LogP contribution is 2.37. The van der Waals surface area contributed by atoms with Crippen LogP contribution in [0, 0.1) is 5.92 Å². The van der Waals surface area contributed by atoms with Gasteiger partial charge in [-0.25, -0.2) is 0 Å². The van der Waals surface area contributed by atoms with Crippen LogP contribution >= 0.6 is 23.2 Å². The summed E-state index contributed by atoms with van der Waals surface area (Å²) in [6.07, 6.45) is 3.70. The summed E-state index contributed by atoms with van der Waals surface area (Å²) in [5.74, 6) is 0.207. The minimum absolute atomic E-state index is 0.115.